The van der Waals surface area contributed by atoms with Gasteiger partial charge in [0.2, 0.25) is 0 Å². The number of nitrogens with zero attached hydrogens (tertiary/aromatic N) is 2. The largest absolute Gasteiger partial charge is 0.310 e. The molecule has 2 aromatic heterocycles. The van der Waals surface area contributed by atoms with Crippen molar-refractivity contribution in [3.8, 4) is 27.9 Å². The topological polar surface area (TPSA) is 8.17 Å². The molecule has 0 saturated carbocycles. The van der Waals surface area contributed by atoms with Gasteiger partial charge < -0.3 is 9.47 Å². The Morgan fingerprint density at radius 3 is 1.80 bits per heavy atom. The van der Waals surface area contributed by atoms with Crippen LogP contribution >= 0.6 is 11.3 Å². The van der Waals surface area contributed by atoms with Crippen molar-refractivity contribution in [3.63, 3.8) is 0 Å². The number of hydrogen-bond acceptors (Lipinski definition) is 2. The molecule has 0 radical (unpaired) electrons. The quantitative estimate of drug-likeness (QED) is 0.173. The summed E-state index contributed by atoms with van der Waals surface area (Å²) in [6, 6.07) is 67.0. The number of benzene rings is 8. The molecule has 0 atom stereocenters. The minimum absolute atomic E-state index is 0.0782. The molecule has 256 valence electrons. The highest BCUT2D eigenvalue weighted by Gasteiger charge is 2.35. The summed E-state index contributed by atoms with van der Waals surface area (Å²) in [7, 11) is 0. The minimum atomic E-state index is -0.0782. The average Bonchev–Trinajstić information content (AvgIpc) is 3.84. The number of anilines is 3. The molecule has 0 N–H and O–H groups in total. The first-order valence-corrected chi connectivity index (χ1v) is 19.5. The van der Waals surface area contributed by atoms with Gasteiger partial charge in [-0.05, 0) is 94.5 Å². The van der Waals surface area contributed by atoms with Gasteiger partial charge in [0.25, 0.3) is 0 Å². The molecule has 2 heterocycles. The van der Waals surface area contributed by atoms with Crippen molar-refractivity contribution in [2.75, 3.05) is 4.90 Å². The van der Waals surface area contributed by atoms with E-state index in [1.54, 1.807) is 0 Å². The summed E-state index contributed by atoms with van der Waals surface area (Å²) in [6.45, 7) is 4.70. The predicted molar refractivity (Wildman–Crippen MR) is 231 cm³/mol. The third-order valence-electron chi connectivity index (χ3n) is 11.6. The van der Waals surface area contributed by atoms with Crippen molar-refractivity contribution in [1.82, 2.24) is 4.57 Å². The van der Waals surface area contributed by atoms with Gasteiger partial charge in [0.1, 0.15) is 0 Å². The maximum atomic E-state index is 2.44. The Kier molecular flexibility index (Phi) is 6.80. The molecule has 0 saturated heterocycles. The Morgan fingerprint density at radius 2 is 1.04 bits per heavy atom. The molecule has 3 heteroatoms. The van der Waals surface area contributed by atoms with Crippen LogP contribution in [0, 0.1) is 0 Å². The summed E-state index contributed by atoms with van der Waals surface area (Å²) < 4.78 is 5.06. The van der Waals surface area contributed by atoms with Crippen LogP contribution in [0.3, 0.4) is 0 Å². The molecule has 0 unspecified atom stereocenters. The van der Waals surface area contributed by atoms with Crippen LogP contribution < -0.4 is 4.90 Å². The molecular weight excluding hydrogens is 673 g/mol. The van der Waals surface area contributed by atoms with E-state index in [-0.39, 0.29) is 5.41 Å². The fraction of sp³-hybridized carbons (Fsp3) is 0.0588. The standard InChI is InChI=1S/C51H36N2S/c1-51(2)45-20-10-6-16-38(45)39-29-28-36(32-46(39)51)52(34-14-4-3-5-15-34)35-26-24-33(25-27-35)43-30-37(31-44-42-19-9-13-23-49(42)54-50(43)44)53-47-21-11-7-17-40(47)41-18-8-12-22-48(41)53/h3-32H,1-2H3. The molecule has 54 heavy (non-hydrogen) atoms. The van der Waals surface area contributed by atoms with E-state index in [1.807, 2.05) is 11.3 Å². The maximum Gasteiger partial charge on any atom is 0.0541 e. The van der Waals surface area contributed by atoms with Gasteiger partial charge in [-0.1, -0.05) is 129 Å². The number of hydrogen-bond donors (Lipinski definition) is 0. The molecular formula is C51H36N2S. The molecule has 1 aliphatic carbocycles. The summed E-state index contributed by atoms with van der Waals surface area (Å²) in [4.78, 5) is 2.40. The van der Waals surface area contributed by atoms with Crippen molar-refractivity contribution in [1.29, 1.82) is 0 Å². The Labute approximate surface area is 318 Å². The van der Waals surface area contributed by atoms with E-state index in [0.717, 1.165) is 17.1 Å². The molecule has 2 nitrogen and oxygen atoms in total. The molecule has 0 spiro atoms. The summed E-state index contributed by atoms with van der Waals surface area (Å²) in [5.41, 5.74) is 14.9. The van der Waals surface area contributed by atoms with Crippen LogP contribution in [0.1, 0.15) is 25.0 Å². The molecule has 11 rings (SSSR count). The zero-order valence-corrected chi connectivity index (χ0v) is 30.9. The predicted octanol–water partition coefficient (Wildman–Crippen LogP) is 14.6. The van der Waals surface area contributed by atoms with Crippen molar-refractivity contribution >= 4 is 70.4 Å². The van der Waals surface area contributed by atoms with E-state index in [1.165, 1.54) is 81.0 Å². The Bertz CT molecular complexity index is 3020. The number of thiophene rings is 1. The van der Waals surface area contributed by atoms with E-state index in [2.05, 4.69) is 205 Å². The first kappa shape index (κ1) is 31.1. The van der Waals surface area contributed by atoms with Crippen LogP contribution in [0.5, 0.6) is 0 Å². The Morgan fingerprint density at radius 1 is 0.444 bits per heavy atom. The highest BCUT2D eigenvalue weighted by molar-refractivity contribution is 7.26. The summed E-state index contributed by atoms with van der Waals surface area (Å²) in [5.74, 6) is 0. The second-order valence-electron chi connectivity index (χ2n) is 15.0. The second-order valence-corrected chi connectivity index (χ2v) is 16.0. The molecule has 0 bridgehead atoms. The van der Waals surface area contributed by atoms with Crippen LogP contribution in [0.25, 0.3) is 69.9 Å². The van der Waals surface area contributed by atoms with Gasteiger partial charge in [-0.2, -0.15) is 0 Å². The maximum absolute atomic E-state index is 2.44. The Balaban J connectivity index is 1.08. The lowest BCUT2D eigenvalue weighted by Crippen LogP contribution is -2.16. The third kappa shape index (κ3) is 4.58. The fourth-order valence-electron chi connectivity index (χ4n) is 9.00. The zero-order chi connectivity index (χ0) is 36.0. The average molecular weight is 709 g/mol. The molecule has 8 aromatic carbocycles. The van der Waals surface area contributed by atoms with E-state index in [9.17, 15) is 0 Å². The summed E-state index contributed by atoms with van der Waals surface area (Å²) >= 11 is 1.89. The van der Waals surface area contributed by atoms with Crippen LogP contribution in [0.15, 0.2) is 182 Å². The molecule has 10 aromatic rings. The van der Waals surface area contributed by atoms with Crippen LogP contribution in [-0.2, 0) is 5.41 Å². The Hall–Kier alpha value is -6.42. The van der Waals surface area contributed by atoms with Crippen molar-refractivity contribution in [2.24, 2.45) is 0 Å². The number of rotatable bonds is 5. The normalized spacial score (nSPS) is 13.1. The van der Waals surface area contributed by atoms with Gasteiger partial charge in [-0.25, -0.2) is 0 Å². The third-order valence-corrected chi connectivity index (χ3v) is 12.8. The van der Waals surface area contributed by atoms with Gasteiger partial charge in [-0.15, -0.1) is 11.3 Å². The van der Waals surface area contributed by atoms with Gasteiger partial charge >= 0.3 is 0 Å². The van der Waals surface area contributed by atoms with E-state index in [4.69, 9.17) is 0 Å². The lowest BCUT2D eigenvalue weighted by Gasteiger charge is -2.28. The van der Waals surface area contributed by atoms with Gasteiger partial charge in [-0.3, -0.25) is 0 Å². The van der Waals surface area contributed by atoms with Crippen LogP contribution in [-0.4, -0.2) is 4.57 Å². The van der Waals surface area contributed by atoms with Crippen molar-refractivity contribution in [3.05, 3.63) is 193 Å². The molecule has 1 aliphatic rings. The van der Waals surface area contributed by atoms with Crippen molar-refractivity contribution in [2.45, 2.75) is 19.3 Å². The lowest BCUT2D eigenvalue weighted by atomic mass is 9.82. The summed E-state index contributed by atoms with van der Waals surface area (Å²) in [5, 5.41) is 5.14. The van der Waals surface area contributed by atoms with Gasteiger partial charge in [0.05, 0.1) is 11.0 Å². The van der Waals surface area contributed by atoms with Crippen molar-refractivity contribution < 1.29 is 0 Å². The van der Waals surface area contributed by atoms with E-state index >= 15 is 0 Å². The number of fused-ring (bicyclic) bond motifs is 9. The van der Waals surface area contributed by atoms with Gasteiger partial charge in [0.15, 0.2) is 0 Å². The summed E-state index contributed by atoms with van der Waals surface area (Å²) in [6.07, 6.45) is 0. The van der Waals surface area contributed by atoms with Crippen LogP contribution in [0.2, 0.25) is 0 Å². The minimum Gasteiger partial charge on any atom is -0.310 e. The van der Waals surface area contributed by atoms with Gasteiger partial charge in [0, 0.05) is 64.7 Å². The SMILES string of the molecule is CC1(C)c2ccccc2-c2ccc(N(c3ccccc3)c3ccc(-c4cc(-n5c6ccccc6c6ccccc65)cc5c4sc4ccccc45)cc3)cc21. The number of para-hydroxylation sites is 3. The molecule has 0 aliphatic heterocycles. The monoisotopic (exact) mass is 708 g/mol. The van der Waals surface area contributed by atoms with E-state index < -0.39 is 0 Å². The molecule has 0 amide bonds. The first-order valence-electron chi connectivity index (χ1n) is 18.7. The number of aromatic nitrogens is 1. The first-order chi connectivity index (χ1) is 26.5. The highest BCUT2D eigenvalue weighted by Crippen LogP contribution is 2.51. The zero-order valence-electron chi connectivity index (χ0n) is 30.1. The van der Waals surface area contributed by atoms with E-state index in [0.29, 0.717) is 0 Å². The lowest BCUT2D eigenvalue weighted by molar-refractivity contribution is 0.660. The fourth-order valence-corrected chi connectivity index (χ4v) is 10.2. The second kappa shape index (κ2) is 11.8. The molecule has 0 fully saturated rings. The van der Waals surface area contributed by atoms with Crippen LogP contribution in [0.4, 0.5) is 17.1 Å². The smallest absolute Gasteiger partial charge is 0.0541 e. The highest BCUT2D eigenvalue weighted by atomic mass is 32.1.